The summed E-state index contributed by atoms with van der Waals surface area (Å²) >= 11 is 0. The maximum Gasteiger partial charge on any atom is 0.241 e. The molecule has 0 spiro atoms. The van der Waals surface area contributed by atoms with Gasteiger partial charge in [-0.25, -0.2) is 8.42 Å². The molecule has 24 heavy (non-hydrogen) atoms. The molecule has 8 heteroatoms. The Bertz CT molecular complexity index is 642. The second-order valence-electron chi connectivity index (χ2n) is 6.68. The van der Waals surface area contributed by atoms with Crippen LogP contribution in [0.1, 0.15) is 64.1 Å². The van der Waals surface area contributed by atoms with Crippen LogP contribution < -0.4 is 5.32 Å². The molecule has 1 heterocycles. The van der Waals surface area contributed by atoms with E-state index < -0.39 is 21.5 Å². The highest BCUT2D eigenvalue weighted by Gasteiger charge is 2.26. The van der Waals surface area contributed by atoms with Crippen LogP contribution in [0.4, 0.5) is 0 Å². The first kappa shape index (κ1) is 18.9. The minimum atomic E-state index is -3.62. The lowest BCUT2D eigenvalue weighted by Gasteiger charge is -2.29. The Labute approximate surface area is 143 Å². The zero-order chi connectivity index (χ0) is 17.6. The van der Waals surface area contributed by atoms with E-state index in [-0.39, 0.29) is 17.7 Å². The quantitative estimate of drug-likeness (QED) is 0.763. The fraction of sp³-hybridized carbons (Fsp3) is 0.812. The number of nitrogens with one attached hydrogen (secondary N) is 1. The summed E-state index contributed by atoms with van der Waals surface area (Å²) in [5.41, 5.74) is 0. The summed E-state index contributed by atoms with van der Waals surface area (Å²) in [6.07, 6.45) is 6.82. The van der Waals surface area contributed by atoms with E-state index in [1.807, 2.05) is 0 Å². The molecule has 1 aliphatic rings. The van der Waals surface area contributed by atoms with E-state index in [4.69, 9.17) is 4.52 Å². The monoisotopic (exact) mass is 357 g/mol. The first-order chi connectivity index (χ1) is 11.4. The number of hydrogen-bond acceptors (Lipinski definition) is 6. The van der Waals surface area contributed by atoms with Crippen LogP contribution in [0.2, 0.25) is 0 Å². The lowest BCUT2D eigenvalue weighted by Crippen LogP contribution is -2.43. The number of sulfone groups is 1. The lowest BCUT2D eigenvalue weighted by atomic mass is 9.86. The number of amides is 1. The summed E-state index contributed by atoms with van der Waals surface area (Å²) in [6, 6.07) is 0.0745. The molecule has 0 aliphatic heterocycles. The molecular formula is C16H27N3O4S. The predicted molar refractivity (Wildman–Crippen MR) is 90.0 cm³/mol. The van der Waals surface area contributed by atoms with E-state index in [0.717, 1.165) is 32.1 Å². The average Bonchev–Trinajstić information content (AvgIpc) is 2.93. The smallest absolute Gasteiger partial charge is 0.241 e. The third-order valence-electron chi connectivity index (χ3n) is 4.42. The van der Waals surface area contributed by atoms with Gasteiger partial charge in [-0.1, -0.05) is 38.3 Å². The molecule has 1 aromatic heterocycles. The van der Waals surface area contributed by atoms with Crippen LogP contribution in [0, 0.1) is 5.92 Å². The van der Waals surface area contributed by atoms with Crippen molar-refractivity contribution in [3.63, 3.8) is 0 Å². The largest absolute Gasteiger partial charge is 0.352 e. The Balaban J connectivity index is 1.85. The number of aryl methyl sites for hydroxylation is 1. The number of aromatic nitrogens is 2. The highest BCUT2D eigenvalue weighted by atomic mass is 32.2. The zero-order valence-corrected chi connectivity index (χ0v) is 15.3. The van der Waals surface area contributed by atoms with Crippen LogP contribution in [0.25, 0.3) is 0 Å². The summed E-state index contributed by atoms with van der Waals surface area (Å²) in [6.45, 7) is 4.14. The van der Waals surface area contributed by atoms with Gasteiger partial charge in [-0.05, 0) is 25.2 Å². The number of rotatable bonds is 8. The van der Waals surface area contributed by atoms with E-state index in [1.165, 1.54) is 6.42 Å². The number of unbranched alkanes of at least 4 members (excludes halogenated alkanes) is 1. The normalized spacial score (nSPS) is 21.6. The minimum Gasteiger partial charge on any atom is -0.352 e. The standard InChI is InChI=1S/C16H27N3O4S/c1-3-4-9-14-18-16(23-19-14)11-24(21,22)10-15(20)17-13-8-6-5-7-12(13)2/h12-13H,3-11H2,1-2H3,(H,17,20)/t12-,13+/m1/s1. The molecule has 1 aromatic rings. The first-order valence-electron chi connectivity index (χ1n) is 8.71. The van der Waals surface area contributed by atoms with Crippen molar-refractivity contribution in [1.82, 2.24) is 15.5 Å². The van der Waals surface area contributed by atoms with Gasteiger partial charge in [0.15, 0.2) is 15.7 Å². The third-order valence-corrected chi connectivity index (χ3v) is 5.81. The molecule has 0 radical (unpaired) electrons. The topological polar surface area (TPSA) is 102 Å². The molecule has 1 saturated carbocycles. The van der Waals surface area contributed by atoms with Crippen molar-refractivity contribution in [2.45, 2.75) is 70.6 Å². The molecule has 0 aromatic carbocycles. The molecule has 0 saturated heterocycles. The van der Waals surface area contributed by atoms with Crippen LogP contribution in [0.15, 0.2) is 4.52 Å². The fourth-order valence-corrected chi connectivity index (χ4v) is 4.08. The van der Waals surface area contributed by atoms with Gasteiger partial charge >= 0.3 is 0 Å². The summed E-state index contributed by atoms with van der Waals surface area (Å²) in [4.78, 5) is 16.1. The molecule has 7 nitrogen and oxygen atoms in total. The molecule has 136 valence electrons. The molecule has 2 atom stereocenters. The summed E-state index contributed by atoms with van der Waals surface area (Å²) in [7, 11) is -3.62. The van der Waals surface area contributed by atoms with E-state index in [1.54, 1.807) is 0 Å². The van der Waals surface area contributed by atoms with Crippen molar-refractivity contribution >= 4 is 15.7 Å². The third kappa shape index (κ3) is 5.89. The Kier molecular flexibility index (Phi) is 6.77. The van der Waals surface area contributed by atoms with Crippen molar-refractivity contribution in [3.05, 3.63) is 11.7 Å². The number of nitrogens with zero attached hydrogens (tertiary/aromatic N) is 2. The molecule has 1 N–H and O–H groups in total. The van der Waals surface area contributed by atoms with Crippen LogP contribution in [0.5, 0.6) is 0 Å². The van der Waals surface area contributed by atoms with Gasteiger partial charge in [-0.3, -0.25) is 4.79 Å². The van der Waals surface area contributed by atoms with Gasteiger partial charge in [0, 0.05) is 12.5 Å². The van der Waals surface area contributed by atoms with Gasteiger partial charge in [-0.2, -0.15) is 4.98 Å². The van der Waals surface area contributed by atoms with Crippen molar-refractivity contribution in [2.24, 2.45) is 5.92 Å². The summed E-state index contributed by atoms with van der Waals surface area (Å²) in [5, 5.41) is 6.63. The summed E-state index contributed by atoms with van der Waals surface area (Å²) in [5.74, 6) is -0.410. The molecule has 0 bridgehead atoms. The van der Waals surface area contributed by atoms with E-state index in [0.29, 0.717) is 18.2 Å². The van der Waals surface area contributed by atoms with Crippen LogP contribution in [-0.2, 0) is 26.8 Å². The van der Waals surface area contributed by atoms with Crippen molar-refractivity contribution < 1.29 is 17.7 Å². The Morgan fingerprint density at radius 1 is 1.33 bits per heavy atom. The van der Waals surface area contributed by atoms with Gasteiger partial charge in [0.2, 0.25) is 11.8 Å². The first-order valence-corrected chi connectivity index (χ1v) is 10.5. The second kappa shape index (κ2) is 8.60. The van der Waals surface area contributed by atoms with Gasteiger partial charge in [0.05, 0.1) is 0 Å². The molecule has 0 unspecified atom stereocenters. The van der Waals surface area contributed by atoms with Gasteiger partial charge < -0.3 is 9.84 Å². The molecule has 1 fully saturated rings. The van der Waals surface area contributed by atoms with Crippen LogP contribution >= 0.6 is 0 Å². The predicted octanol–water partition coefficient (Wildman–Crippen LogP) is 2.02. The van der Waals surface area contributed by atoms with Crippen molar-refractivity contribution in [1.29, 1.82) is 0 Å². The Morgan fingerprint density at radius 3 is 2.79 bits per heavy atom. The van der Waals surface area contributed by atoms with E-state index in [2.05, 4.69) is 29.3 Å². The van der Waals surface area contributed by atoms with E-state index >= 15 is 0 Å². The van der Waals surface area contributed by atoms with Gasteiger partial charge in [-0.15, -0.1) is 0 Å². The van der Waals surface area contributed by atoms with E-state index in [9.17, 15) is 13.2 Å². The van der Waals surface area contributed by atoms with Crippen molar-refractivity contribution in [2.75, 3.05) is 5.75 Å². The lowest BCUT2D eigenvalue weighted by molar-refractivity contribution is -0.119. The second-order valence-corrected chi connectivity index (χ2v) is 8.74. The Morgan fingerprint density at radius 2 is 2.08 bits per heavy atom. The average molecular weight is 357 g/mol. The fourth-order valence-electron chi connectivity index (χ4n) is 3.00. The Hall–Kier alpha value is -1.44. The highest BCUT2D eigenvalue weighted by molar-refractivity contribution is 7.91. The van der Waals surface area contributed by atoms with Gasteiger partial charge in [0.1, 0.15) is 11.5 Å². The number of carbonyl (C=O) groups is 1. The maximum atomic E-state index is 12.2. The van der Waals surface area contributed by atoms with Crippen LogP contribution in [-0.4, -0.2) is 36.3 Å². The summed E-state index contributed by atoms with van der Waals surface area (Å²) < 4.78 is 29.3. The van der Waals surface area contributed by atoms with Gasteiger partial charge in [0.25, 0.3) is 0 Å². The van der Waals surface area contributed by atoms with Crippen molar-refractivity contribution in [3.8, 4) is 0 Å². The SMILES string of the molecule is CCCCc1noc(CS(=O)(=O)CC(=O)N[C@H]2CCCC[C@H]2C)n1. The number of carbonyl (C=O) groups excluding carboxylic acids is 1. The molecule has 1 aliphatic carbocycles. The van der Waals surface area contributed by atoms with Crippen LogP contribution in [0.3, 0.4) is 0 Å². The zero-order valence-electron chi connectivity index (χ0n) is 14.5. The molecular weight excluding hydrogens is 330 g/mol. The molecule has 2 rings (SSSR count). The molecule has 1 amide bonds. The maximum absolute atomic E-state index is 12.2. The highest BCUT2D eigenvalue weighted by Crippen LogP contribution is 2.23. The minimum absolute atomic E-state index is 0.0555. The number of hydrogen-bond donors (Lipinski definition) is 1.